The predicted octanol–water partition coefficient (Wildman–Crippen LogP) is -1.33. The second-order valence-electron chi connectivity index (χ2n) is 6.30. The van der Waals surface area contributed by atoms with E-state index in [0.29, 0.717) is 11.5 Å². The van der Waals surface area contributed by atoms with E-state index in [1.54, 1.807) is 0 Å². The number of imidazole rings is 1. The van der Waals surface area contributed by atoms with Crippen LogP contribution in [-0.4, -0.2) is 58.3 Å². The molecule has 0 radical (unpaired) electrons. The molecule has 2 unspecified atom stereocenters. The lowest BCUT2D eigenvalue weighted by atomic mass is 9.98. The highest BCUT2D eigenvalue weighted by Gasteiger charge is 2.71. The van der Waals surface area contributed by atoms with Crippen LogP contribution in [0.15, 0.2) is 11.3 Å². The molecular formula is C13H17N7O5P+. The number of nitrogens with one attached hydrogen (secondary N) is 1. The molecule has 4 rings (SSSR count). The molecule has 13 heteroatoms. The third-order valence-corrected chi connectivity index (χ3v) is 5.18. The van der Waals surface area contributed by atoms with Crippen LogP contribution in [0.3, 0.4) is 0 Å². The van der Waals surface area contributed by atoms with E-state index in [9.17, 15) is 14.9 Å². The second-order valence-corrected chi connectivity index (χ2v) is 7.43. The number of nitrogens with two attached hydrogens (primary N) is 2. The predicted molar refractivity (Wildman–Crippen MR) is 87.0 cm³/mol. The Kier molecular flexibility index (Phi) is 3.78. The summed E-state index contributed by atoms with van der Waals surface area (Å²) in [5.41, 5.74) is 8.94. The van der Waals surface area contributed by atoms with Crippen molar-refractivity contribution >= 4 is 19.8 Å². The summed E-state index contributed by atoms with van der Waals surface area (Å²) >= 11 is 0. The Morgan fingerprint density at radius 1 is 1.69 bits per heavy atom. The number of aromatic nitrogens is 2. The summed E-state index contributed by atoms with van der Waals surface area (Å²) in [5.74, 6) is 0.387. The number of anilines is 1. The van der Waals surface area contributed by atoms with Gasteiger partial charge in [-0.3, -0.25) is 4.57 Å². The number of hydrogen-bond donors (Lipinski definition) is 4. The van der Waals surface area contributed by atoms with Gasteiger partial charge in [0, 0.05) is 0 Å². The van der Waals surface area contributed by atoms with Crippen LogP contribution < -0.4 is 16.8 Å². The van der Waals surface area contributed by atoms with Gasteiger partial charge < -0.3 is 31.4 Å². The van der Waals surface area contributed by atoms with E-state index in [4.69, 9.17) is 25.5 Å². The van der Waals surface area contributed by atoms with Gasteiger partial charge in [0.2, 0.25) is 0 Å². The summed E-state index contributed by atoms with van der Waals surface area (Å²) in [6, 6.07) is 2.06. The van der Waals surface area contributed by atoms with Gasteiger partial charge in [-0.1, -0.05) is 0 Å². The second kappa shape index (κ2) is 5.68. The molecule has 12 nitrogen and oxygen atoms in total. The van der Waals surface area contributed by atoms with E-state index in [2.05, 4.69) is 21.4 Å². The molecule has 0 amide bonds. The van der Waals surface area contributed by atoms with Gasteiger partial charge in [-0.2, -0.15) is 5.26 Å². The van der Waals surface area contributed by atoms with Gasteiger partial charge in [-0.25, -0.2) is 9.98 Å². The van der Waals surface area contributed by atoms with Crippen LogP contribution in [0, 0.1) is 11.3 Å². The molecule has 138 valence electrons. The molecule has 6 N–H and O–H groups in total. The molecule has 2 saturated heterocycles. The Labute approximate surface area is 148 Å². The fourth-order valence-corrected chi connectivity index (χ4v) is 3.87. The van der Waals surface area contributed by atoms with Gasteiger partial charge in [0.05, 0.1) is 6.61 Å². The Morgan fingerprint density at radius 3 is 3.15 bits per heavy atom. The summed E-state index contributed by atoms with van der Waals surface area (Å²) in [6.07, 6.45) is -1.63. The van der Waals surface area contributed by atoms with Crippen molar-refractivity contribution in [3.8, 4) is 6.07 Å². The highest BCUT2D eigenvalue weighted by atomic mass is 31.1. The van der Waals surface area contributed by atoms with Gasteiger partial charge in [0.15, 0.2) is 18.2 Å². The zero-order chi connectivity index (χ0) is 18.7. The fraction of sp³-hybridized carbons (Fsp3) is 0.615. The topological polar surface area (TPSA) is 183 Å². The summed E-state index contributed by atoms with van der Waals surface area (Å²) in [4.78, 5) is 8.15. The third-order valence-electron chi connectivity index (χ3n) is 4.69. The minimum Gasteiger partial charge on any atom is -0.387 e. The third kappa shape index (κ3) is 2.20. The molecule has 0 aromatic carbocycles. The first-order valence-electron chi connectivity index (χ1n) is 7.71. The van der Waals surface area contributed by atoms with Crippen LogP contribution in [0.25, 0.3) is 0 Å². The molecular weight excluding hydrogens is 365 g/mol. The molecule has 2 bridgehead atoms. The maximum absolute atomic E-state index is 11.3. The van der Waals surface area contributed by atoms with Crippen molar-refractivity contribution in [2.45, 2.75) is 29.7 Å². The van der Waals surface area contributed by atoms with Gasteiger partial charge >= 0.3 is 8.03 Å². The summed E-state index contributed by atoms with van der Waals surface area (Å²) in [7, 11) is -1.91. The van der Waals surface area contributed by atoms with Crippen LogP contribution in [0.2, 0.25) is 0 Å². The molecule has 0 aliphatic carbocycles. The van der Waals surface area contributed by atoms with Crippen molar-refractivity contribution in [1.29, 1.82) is 5.26 Å². The number of hydrogen-bond acceptors (Lipinski definition) is 11. The highest BCUT2D eigenvalue weighted by Crippen LogP contribution is 2.50. The van der Waals surface area contributed by atoms with Crippen molar-refractivity contribution in [3.63, 3.8) is 0 Å². The van der Waals surface area contributed by atoms with E-state index in [1.807, 2.05) is 0 Å². The Balaban J connectivity index is 1.76. The lowest BCUT2D eigenvalue weighted by Crippen LogP contribution is -2.50. The van der Waals surface area contributed by atoms with E-state index in [-0.39, 0.29) is 19.2 Å². The summed E-state index contributed by atoms with van der Waals surface area (Å²) in [6.45, 7) is 1.20. The number of fused-ring (bicyclic) bond motifs is 3. The maximum Gasteiger partial charge on any atom is 0.504 e. The molecule has 0 spiro atoms. The van der Waals surface area contributed by atoms with Crippen molar-refractivity contribution in [3.05, 3.63) is 12.0 Å². The minimum atomic E-state index is -1.91. The van der Waals surface area contributed by atoms with Crippen molar-refractivity contribution in [2.24, 2.45) is 16.5 Å². The first-order valence-corrected chi connectivity index (χ1v) is 9.34. The molecule has 1 aromatic heterocycles. The molecule has 4 heterocycles. The number of aliphatic imine (C=N–C) groups is 1. The summed E-state index contributed by atoms with van der Waals surface area (Å²) in [5, 5.41) is 23.4. The average molecular weight is 382 g/mol. The first-order chi connectivity index (χ1) is 12.3. The molecule has 3 aliphatic heterocycles. The van der Waals surface area contributed by atoms with Gasteiger partial charge in [-0.05, 0) is 4.57 Å². The van der Waals surface area contributed by atoms with Crippen LogP contribution in [0.1, 0.15) is 11.9 Å². The van der Waals surface area contributed by atoms with E-state index in [0.717, 1.165) is 0 Å². The number of ether oxygens (including phenoxy) is 2. The quantitative estimate of drug-likeness (QED) is 0.455. The molecule has 0 saturated carbocycles. The van der Waals surface area contributed by atoms with E-state index in [1.165, 1.54) is 17.6 Å². The van der Waals surface area contributed by atoms with Crippen molar-refractivity contribution < 1.29 is 23.7 Å². The molecule has 2 fully saturated rings. The first kappa shape index (κ1) is 17.3. The normalized spacial score (nSPS) is 38.3. The smallest absolute Gasteiger partial charge is 0.387 e. The number of nitriles is 1. The molecule has 3 aliphatic rings. The van der Waals surface area contributed by atoms with Gasteiger partial charge in [0.1, 0.15) is 48.9 Å². The van der Waals surface area contributed by atoms with Crippen LogP contribution in [-0.2, 0) is 24.3 Å². The monoisotopic (exact) mass is 382 g/mol. The van der Waals surface area contributed by atoms with Gasteiger partial charge in [0.25, 0.3) is 5.72 Å². The number of guanidine groups is 1. The number of rotatable bonds is 4. The molecule has 6 atom stereocenters. The van der Waals surface area contributed by atoms with Crippen molar-refractivity contribution in [1.82, 2.24) is 9.55 Å². The number of aliphatic hydroxyl groups excluding tert-OH is 1. The molecule has 26 heavy (non-hydrogen) atoms. The van der Waals surface area contributed by atoms with Crippen LogP contribution >= 0.6 is 8.03 Å². The van der Waals surface area contributed by atoms with E-state index < -0.39 is 37.7 Å². The lowest BCUT2D eigenvalue weighted by Gasteiger charge is -2.36. The zero-order valence-corrected chi connectivity index (χ0v) is 14.6. The van der Waals surface area contributed by atoms with Crippen molar-refractivity contribution in [2.75, 3.05) is 25.2 Å². The van der Waals surface area contributed by atoms with Crippen LogP contribution in [0.5, 0.6) is 0 Å². The lowest BCUT2D eigenvalue weighted by molar-refractivity contribution is -0.220. The number of aliphatic hydroxyl groups is 1. The summed E-state index contributed by atoms with van der Waals surface area (Å²) < 4.78 is 29.5. The number of nitrogens with zero attached hydrogens (tertiary/aromatic N) is 4. The average Bonchev–Trinajstić information content (AvgIpc) is 3.22. The largest absolute Gasteiger partial charge is 0.504 e. The Hall–Kier alpha value is -2.13. The Bertz CT molecular complexity index is 852. The Morgan fingerprint density at radius 2 is 2.46 bits per heavy atom. The van der Waals surface area contributed by atoms with Crippen LogP contribution in [0.4, 0.5) is 5.82 Å². The SMILES string of the molecule is C[P+](=O)OC[C@]12CO[C@H]([C@@H]1O)[C@](C#N)(n1cnc3c1NC(N)=NC3N)O2. The zero-order valence-electron chi connectivity index (χ0n) is 13.7. The minimum absolute atomic E-state index is 0.00113. The van der Waals surface area contributed by atoms with E-state index >= 15 is 0 Å². The molecule has 1 aromatic rings. The standard InChI is InChI=1S/C13H17N7O5P/c1-26(22)24-4-12-3-23-8(7(12)21)13(2-14,25-12)20-5-17-6-9(15)18-11(16)19-10(6)20/h5,7-9,21H,3-4,15H2,1H3,(H3,16,18,19)/q+1/t7-,8+,9?,12+,13+/m0/s1. The highest BCUT2D eigenvalue weighted by molar-refractivity contribution is 7.38. The fourth-order valence-electron chi connectivity index (χ4n) is 3.47. The maximum atomic E-state index is 11.3. The van der Waals surface area contributed by atoms with Gasteiger partial charge in [-0.15, -0.1) is 4.52 Å².